The number of methoxy groups -OCH3 is 2. The van der Waals surface area contributed by atoms with Gasteiger partial charge in [-0.25, -0.2) is 0 Å². The van der Waals surface area contributed by atoms with Gasteiger partial charge in [0.1, 0.15) is 11.5 Å². The van der Waals surface area contributed by atoms with Gasteiger partial charge in [0.15, 0.2) is 11.6 Å². The summed E-state index contributed by atoms with van der Waals surface area (Å²) in [5.74, 6) is -0.320. The number of nitro groups is 1. The van der Waals surface area contributed by atoms with Crippen LogP contribution in [0.1, 0.15) is 62.2 Å². The largest absolute Gasteiger partial charge is 0.496 e. The summed E-state index contributed by atoms with van der Waals surface area (Å²) in [4.78, 5) is 48.7. The Morgan fingerprint density at radius 3 is 2.21 bits per heavy atom. The Balaban J connectivity index is 2.10. The Kier molecular flexibility index (Phi) is 7.68. The third-order valence-electron chi connectivity index (χ3n) is 5.23. The normalized spacial score (nSPS) is 13.2. The number of non-ortho nitro benzene ring substituents is 1. The van der Waals surface area contributed by atoms with E-state index in [1.165, 1.54) is 50.6 Å². The fraction of sp³-hybridized carbons (Fsp3) is 0.240. The standard InChI is InChI=1S/C25H23NO7S/c1-14(2)5-12-21(34-25(29)15-6-8-16(9-7-15)26(30)31)17-13-20(32-3)22-18(27)10-11-19(28)23(22)24(17)33-4/h5-11,13,21H,12H2,1-4H3. The van der Waals surface area contributed by atoms with Crippen molar-refractivity contribution in [2.45, 2.75) is 25.5 Å². The highest BCUT2D eigenvalue weighted by Crippen LogP contribution is 2.46. The van der Waals surface area contributed by atoms with Crippen LogP contribution in [0.2, 0.25) is 0 Å². The van der Waals surface area contributed by atoms with Crippen LogP contribution in [0.3, 0.4) is 0 Å². The zero-order chi connectivity index (χ0) is 25.0. The number of nitrogens with zero attached hydrogens (tertiary/aromatic N) is 1. The maximum atomic E-state index is 13.1. The maximum Gasteiger partial charge on any atom is 0.269 e. The van der Waals surface area contributed by atoms with Gasteiger partial charge in [0.05, 0.1) is 30.3 Å². The van der Waals surface area contributed by atoms with Crippen LogP contribution < -0.4 is 9.47 Å². The summed E-state index contributed by atoms with van der Waals surface area (Å²) < 4.78 is 11.0. The molecule has 1 aliphatic carbocycles. The van der Waals surface area contributed by atoms with E-state index >= 15 is 0 Å². The molecule has 0 radical (unpaired) electrons. The summed E-state index contributed by atoms with van der Waals surface area (Å²) in [5, 5.41) is 10.1. The Labute approximate surface area is 200 Å². The SMILES string of the molecule is COc1cc(C(CC=C(C)C)SC(=O)c2ccc([N+](=O)[O-])cc2)c(OC)c2c1C(=O)C=CC2=O. The van der Waals surface area contributed by atoms with Crippen molar-refractivity contribution in [3.05, 3.63) is 86.5 Å². The van der Waals surface area contributed by atoms with Gasteiger partial charge >= 0.3 is 0 Å². The van der Waals surface area contributed by atoms with Crippen molar-refractivity contribution in [1.82, 2.24) is 0 Å². The van der Waals surface area contributed by atoms with E-state index in [-0.39, 0.29) is 45.0 Å². The molecule has 3 rings (SSSR count). The Hall–Kier alpha value is -3.72. The van der Waals surface area contributed by atoms with Gasteiger partial charge in [0.25, 0.3) is 5.69 Å². The third kappa shape index (κ3) is 5.09. The number of benzene rings is 2. The number of carbonyl (C=O) groups is 3. The number of carbonyl (C=O) groups excluding carboxylic acids is 3. The number of allylic oxidation sites excluding steroid dienone is 4. The van der Waals surface area contributed by atoms with E-state index < -0.39 is 10.2 Å². The van der Waals surface area contributed by atoms with E-state index in [4.69, 9.17) is 9.47 Å². The van der Waals surface area contributed by atoms with Crippen molar-refractivity contribution in [1.29, 1.82) is 0 Å². The molecule has 0 spiro atoms. The van der Waals surface area contributed by atoms with E-state index in [0.29, 0.717) is 17.5 Å². The second kappa shape index (κ2) is 10.5. The van der Waals surface area contributed by atoms with Crippen LogP contribution in [-0.2, 0) is 0 Å². The molecule has 0 N–H and O–H groups in total. The van der Waals surface area contributed by atoms with Crippen LogP contribution in [0, 0.1) is 10.1 Å². The second-order valence-corrected chi connectivity index (χ2v) is 8.90. The number of nitro benzene ring substituents is 1. The number of rotatable bonds is 8. The smallest absolute Gasteiger partial charge is 0.269 e. The van der Waals surface area contributed by atoms with Gasteiger partial charge < -0.3 is 9.47 Å². The first-order chi connectivity index (χ1) is 16.2. The molecule has 0 aliphatic heterocycles. The highest BCUT2D eigenvalue weighted by atomic mass is 32.2. The Morgan fingerprint density at radius 2 is 1.68 bits per heavy atom. The minimum atomic E-state index is -0.532. The van der Waals surface area contributed by atoms with E-state index in [0.717, 1.165) is 17.3 Å². The molecule has 1 unspecified atom stereocenters. The summed E-state index contributed by atoms with van der Waals surface area (Å²) in [6, 6.07) is 6.99. The molecule has 9 heteroatoms. The van der Waals surface area contributed by atoms with Crippen molar-refractivity contribution < 1.29 is 28.8 Å². The second-order valence-electron chi connectivity index (χ2n) is 7.73. The van der Waals surface area contributed by atoms with E-state index in [9.17, 15) is 24.5 Å². The zero-order valence-electron chi connectivity index (χ0n) is 19.1. The lowest BCUT2D eigenvalue weighted by Gasteiger charge is -2.24. The fourth-order valence-corrected chi connectivity index (χ4v) is 4.60. The maximum absolute atomic E-state index is 13.1. The highest BCUT2D eigenvalue weighted by Gasteiger charge is 2.32. The summed E-state index contributed by atoms with van der Waals surface area (Å²) in [5.41, 5.74) is 1.99. The van der Waals surface area contributed by atoms with Crippen LogP contribution in [0.4, 0.5) is 5.69 Å². The molecular weight excluding hydrogens is 458 g/mol. The quantitative estimate of drug-likeness (QED) is 0.275. The van der Waals surface area contributed by atoms with Gasteiger partial charge in [-0.2, -0.15) is 0 Å². The molecule has 0 saturated heterocycles. The van der Waals surface area contributed by atoms with Crippen LogP contribution in [0.5, 0.6) is 11.5 Å². The first kappa shape index (κ1) is 24.9. The number of ether oxygens (including phenoxy) is 2. The molecule has 0 heterocycles. The van der Waals surface area contributed by atoms with Crippen LogP contribution >= 0.6 is 11.8 Å². The molecular formula is C25H23NO7S. The molecule has 176 valence electrons. The van der Waals surface area contributed by atoms with E-state index in [2.05, 4.69) is 0 Å². The summed E-state index contributed by atoms with van der Waals surface area (Å²) in [7, 11) is 2.81. The summed E-state index contributed by atoms with van der Waals surface area (Å²) >= 11 is 1.01. The lowest BCUT2D eigenvalue weighted by atomic mass is 9.89. The number of fused-ring (bicyclic) bond motifs is 1. The molecule has 0 bridgehead atoms. The van der Waals surface area contributed by atoms with Gasteiger partial charge in [-0.05, 0) is 50.6 Å². The van der Waals surface area contributed by atoms with Gasteiger partial charge in [-0.3, -0.25) is 24.5 Å². The predicted octanol–water partition coefficient (Wildman–Crippen LogP) is 5.52. The van der Waals surface area contributed by atoms with Crippen LogP contribution in [0.25, 0.3) is 0 Å². The van der Waals surface area contributed by atoms with Crippen molar-refractivity contribution in [2.75, 3.05) is 14.2 Å². The number of thioether (sulfide) groups is 1. The lowest BCUT2D eigenvalue weighted by molar-refractivity contribution is -0.384. The molecule has 34 heavy (non-hydrogen) atoms. The minimum absolute atomic E-state index is 0.106. The molecule has 2 aromatic carbocycles. The Bertz CT molecular complexity index is 1220. The average Bonchev–Trinajstić information content (AvgIpc) is 2.82. The molecule has 1 aliphatic rings. The predicted molar refractivity (Wildman–Crippen MR) is 129 cm³/mol. The molecule has 0 saturated carbocycles. The summed E-state index contributed by atoms with van der Waals surface area (Å²) in [6.45, 7) is 3.86. The topological polar surface area (TPSA) is 113 Å². The van der Waals surface area contributed by atoms with Crippen LogP contribution in [0.15, 0.2) is 54.1 Å². The third-order valence-corrected chi connectivity index (χ3v) is 6.41. The van der Waals surface area contributed by atoms with Crippen molar-refractivity contribution in [3.63, 3.8) is 0 Å². The number of hydrogen-bond acceptors (Lipinski definition) is 8. The summed E-state index contributed by atoms with van der Waals surface area (Å²) in [6.07, 6.45) is 4.78. The van der Waals surface area contributed by atoms with Crippen molar-refractivity contribution in [2.24, 2.45) is 0 Å². The van der Waals surface area contributed by atoms with E-state index in [1.54, 1.807) is 6.07 Å². The first-order valence-electron chi connectivity index (χ1n) is 10.3. The van der Waals surface area contributed by atoms with Crippen molar-refractivity contribution >= 4 is 34.1 Å². The number of hydrogen-bond donors (Lipinski definition) is 0. The van der Waals surface area contributed by atoms with Gasteiger partial charge in [0, 0.05) is 28.5 Å². The monoisotopic (exact) mass is 481 g/mol. The zero-order valence-corrected chi connectivity index (χ0v) is 19.9. The van der Waals surface area contributed by atoms with E-state index in [1.807, 2.05) is 19.9 Å². The molecule has 0 fully saturated rings. The first-order valence-corrected chi connectivity index (χ1v) is 11.2. The van der Waals surface area contributed by atoms with Gasteiger partial charge in [0.2, 0.25) is 5.12 Å². The molecule has 0 amide bonds. The lowest BCUT2D eigenvalue weighted by Crippen LogP contribution is -2.17. The molecule has 2 aromatic rings. The van der Waals surface area contributed by atoms with Crippen LogP contribution in [-0.4, -0.2) is 35.8 Å². The van der Waals surface area contributed by atoms with Gasteiger partial charge in [-0.1, -0.05) is 23.4 Å². The van der Waals surface area contributed by atoms with Gasteiger partial charge in [-0.15, -0.1) is 0 Å². The highest BCUT2D eigenvalue weighted by molar-refractivity contribution is 8.14. The molecule has 1 atom stereocenters. The fourth-order valence-electron chi connectivity index (χ4n) is 3.58. The minimum Gasteiger partial charge on any atom is -0.496 e. The number of ketones is 2. The molecule has 0 aromatic heterocycles. The Morgan fingerprint density at radius 1 is 1.06 bits per heavy atom. The average molecular weight is 482 g/mol. The van der Waals surface area contributed by atoms with Crippen molar-refractivity contribution in [3.8, 4) is 11.5 Å². The molecule has 8 nitrogen and oxygen atoms in total.